The van der Waals surface area contributed by atoms with Crippen molar-refractivity contribution in [3.8, 4) is 0 Å². The lowest BCUT2D eigenvalue weighted by atomic mass is 10.0. The summed E-state index contributed by atoms with van der Waals surface area (Å²) in [4.78, 5) is 25.3. The number of anilines is 1. The molecule has 0 spiro atoms. The van der Waals surface area contributed by atoms with E-state index in [0.717, 1.165) is 17.0 Å². The van der Waals surface area contributed by atoms with Gasteiger partial charge in [0, 0.05) is 5.69 Å². The molecule has 7 heteroatoms. The first kappa shape index (κ1) is 15.3. The van der Waals surface area contributed by atoms with Gasteiger partial charge in [0.15, 0.2) is 0 Å². The van der Waals surface area contributed by atoms with E-state index < -0.39 is 29.7 Å². The van der Waals surface area contributed by atoms with Gasteiger partial charge in [0.1, 0.15) is 12.1 Å². The molecular weight excluding hydrogens is 285 g/mol. The van der Waals surface area contributed by atoms with E-state index in [0.29, 0.717) is 6.42 Å². The zero-order valence-electron chi connectivity index (χ0n) is 11.6. The van der Waals surface area contributed by atoms with Gasteiger partial charge in [0.2, 0.25) is 11.8 Å². The summed E-state index contributed by atoms with van der Waals surface area (Å²) >= 11 is 0. The highest BCUT2D eigenvalue weighted by atomic mass is 19.4. The molecule has 0 radical (unpaired) electrons. The number of rotatable bonds is 2. The van der Waals surface area contributed by atoms with Crippen LogP contribution in [0, 0.1) is 0 Å². The molecule has 21 heavy (non-hydrogen) atoms. The van der Waals surface area contributed by atoms with Gasteiger partial charge in [-0.3, -0.25) is 14.5 Å². The number of halogens is 3. The molecule has 2 unspecified atom stereocenters. The lowest BCUT2D eigenvalue weighted by Crippen LogP contribution is -2.62. The highest BCUT2D eigenvalue weighted by Crippen LogP contribution is 2.32. The topological polar surface area (TPSA) is 49.4 Å². The van der Waals surface area contributed by atoms with E-state index in [1.807, 2.05) is 0 Å². The van der Waals surface area contributed by atoms with Crippen molar-refractivity contribution in [1.29, 1.82) is 0 Å². The third-order valence-corrected chi connectivity index (χ3v) is 3.48. The predicted octanol–water partition coefficient (Wildman–Crippen LogP) is 2.34. The van der Waals surface area contributed by atoms with E-state index in [9.17, 15) is 22.8 Å². The smallest absolute Gasteiger partial charge is 0.343 e. The zero-order chi connectivity index (χ0) is 15.8. The molecule has 2 amide bonds. The van der Waals surface area contributed by atoms with Crippen LogP contribution in [0.25, 0.3) is 0 Å². The molecule has 0 saturated carbocycles. The van der Waals surface area contributed by atoms with Crippen molar-refractivity contribution in [1.82, 2.24) is 5.32 Å². The van der Waals surface area contributed by atoms with Crippen LogP contribution in [0.5, 0.6) is 0 Å². The van der Waals surface area contributed by atoms with Crippen LogP contribution in [0.15, 0.2) is 24.3 Å². The zero-order valence-corrected chi connectivity index (χ0v) is 11.6. The second-order valence-electron chi connectivity index (χ2n) is 4.90. The van der Waals surface area contributed by atoms with Gasteiger partial charge in [0.05, 0.1) is 5.56 Å². The van der Waals surface area contributed by atoms with Crippen LogP contribution in [0.2, 0.25) is 0 Å². The van der Waals surface area contributed by atoms with Crippen LogP contribution < -0.4 is 10.2 Å². The highest BCUT2D eigenvalue weighted by Gasteiger charge is 2.39. The molecule has 1 aromatic rings. The molecule has 1 heterocycles. The molecule has 2 atom stereocenters. The van der Waals surface area contributed by atoms with E-state index in [1.165, 1.54) is 19.1 Å². The molecule has 0 aromatic heterocycles. The Balaban J connectivity index is 2.43. The lowest BCUT2D eigenvalue weighted by Gasteiger charge is -2.37. The first-order valence-electron chi connectivity index (χ1n) is 6.56. The first-order valence-corrected chi connectivity index (χ1v) is 6.56. The molecule has 2 rings (SSSR count). The summed E-state index contributed by atoms with van der Waals surface area (Å²) in [6, 6.07) is 2.90. The standard InChI is InChI=1S/C14H15F3N2O2/c1-3-11-13(21)19(8(2)12(20)18-11)10-6-4-5-9(7-10)14(15,16)17/h4-8,11H,3H2,1-2H3,(H,18,20). The van der Waals surface area contributed by atoms with E-state index in [1.54, 1.807) is 6.92 Å². The van der Waals surface area contributed by atoms with Gasteiger partial charge in [-0.1, -0.05) is 13.0 Å². The Morgan fingerprint density at radius 3 is 2.52 bits per heavy atom. The monoisotopic (exact) mass is 300 g/mol. The van der Waals surface area contributed by atoms with E-state index in [2.05, 4.69) is 5.32 Å². The second-order valence-corrected chi connectivity index (χ2v) is 4.90. The summed E-state index contributed by atoms with van der Waals surface area (Å²) < 4.78 is 38.3. The van der Waals surface area contributed by atoms with Crippen molar-refractivity contribution in [3.63, 3.8) is 0 Å². The summed E-state index contributed by atoms with van der Waals surface area (Å²) in [5, 5.41) is 2.56. The molecule has 4 nitrogen and oxygen atoms in total. The minimum absolute atomic E-state index is 0.0793. The third-order valence-electron chi connectivity index (χ3n) is 3.48. The molecule has 114 valence electrons. The van der Waals surface area contributed by atoms with Crippen LogP contribution in [-0.4, -0.2) is 23.9 Å². The van der Waals surface area contributed by atoms with Gasteiger partial charge in [0.25, 0.3) is 0 Å². The Bertz CT molecular complexity index is 572. The summed E-state index contributed by atoms with van der Waals surface area (Å²) in [6.07, 6.45) is -4.11. The number of hydrogen-bond donors (Lipinski definition) is 1. The first-order chi connectivity index (χ1) is 9.75. The largest absolute Gasteiger partial charge is 0.416 e. The number of benzene rings is 1. The summed E-state index contributed by atoms with van der Waals surface area (Å²) in [5.41, 5.74) is -0.769. The second kappa shape index (κ2) is 5.38. The van der Waals surface area contributed by atoms with Gasteiger partial charge in [-0.2, -0.15) is 13.2 Å². The van der Waals surface area contributed by atoms with Crippen molar-refractivity contribution in [2.75, 3.05) is 4.90 Å². The van der Waals surface area contributed by atoms with Gasteiger partial charge >= 0.3 is 6.18 Å². The van der Waals surface area contributed by atoms with Crippen LogP contribution in [0.1, 0.15) is 25.8 Å². The SMILES string of the molecule is CCC1NC(=O)C(C)N(c2cccc(C(F)(F)F)c2)C1=O. The normalized spacial score (nSPS) is 23.2. The average Bonchev–Trinajstić information content (AvgIpc) is 2.42. The maximum absolute atomic E-state index is 12.8. The minimum atomic E-state index is -4.50. The van der Waals surface area contributed by atoms with Gasteiger partial charge in [-0.25, -0.2) is 0 Å². The Kier molecular flexibility index (Phi) is 3.93. The number of alkyl halides is 3. The van der Waals surface area contributed by atoms with Gasteiger partial charge in [-0.05, 0) is 31.5 Å². The van der Waals surface area contributed by atoms with Crippen molar-refractivity contribution >= 4 is 17.5 Å². The number of hydrogen-bond acceptors (Lipinski definition) is 2. The van der Waals surface area contributed by atoms with E-state index in [4.69, 9.17) is 0 Å². The van der Waals surface area contributed by atoms with Crippen molar-refractivity contribution in [2.24, 2.45) is 0 Å². The van der Waals surface area contributed by atoms with Crippen LogP contribution in [-0.2, 0) is 15.8 Å². The lowest BCUT2D eigenvalue weighted by molar-refractivity contribution is -0.137. The number of amides is 2. The molecule has 1 fully saturated rings. The molecule has 0 aliphatic carbocycles. The van der Waals surface area contributed by atoms with Gasteiger partial charge < -0.3 is 5.32 Å². The third kappa shape index (κ3) is 2.86. The van der Waals surface area contributed by atoms with E-state index in [-0.39, 0.29) is 11.6 Å². The fraction of sp³-hybridized carbons (Fsp3) is 0.429. The van der Waals surface area contributed by atoms with Crippen molar-refractivity contribution in [3.05, 3.63) is 29.8 Å². The van der Waals surface area contributed by atoms with Crippen LogP contribution in [0.3, 0.4) is 0 Å². The van der Waals surface area contributed by atoms with Crippen LogP contribution >= 0.6 is 0 Å². The quantitative estimate of drug-likeness (QED) is 0.911. The summed E-state index contributed by atoms with van der Waals surface area (Å²) in [5.74, 6) is -0.775. The van der Waals surface area contributed by atoms with Crippen LogP contribution in [0.4, 0.5) is 18.9 Å². The fourth-order valence-electron chi connectivity index (χ4n) is 2.29. The average molecular weight is 300 g/mol. The summed E-state index contributed by atoms with van der Waals surface area (Å²) in [7, 11) is 0. The molecule has 1 N–H and O–H groups in total. The molecule has 1 aliphatic heterocycles. The Morgan fingerprint density at radius 2 is 1.95 bits per heavy atom. The molecule has 1 aromatic carbocycles. The minimum Gasteiger partial charge on any atom is -0.343 e. The fourth-order valence-corrected chi connectivity index (χ4v) is 2.29. The maximum atomic E-state index is 12.8. The Hall–Kier alpha value is -2.05. The highest BCUT2D eigenvalue weighted by molar-refractivity contribution is 6.08. The van der Waals surface area contributed by atoms with E-state index >= 15 is 0 Å². The molecule has 1 aliphatic rings. The molecular formula is C14H15F3N2O2. The number of piperazine rings is 1. The number of nitrogens with zero attached hydrogens (tertiary/aromatic N) is 1. The number of carbonyl (C=O) groups is 2. The van der Waals surface area contributed by atoms with Gasteiger partial charge in [-0.15, -0.1) is 0 Å². The maximum Gasteiger partial charge on any atom is 0.416 e. The molecule has 0 bridgehead atoms. The summed E-state index contributed by atoms with van der Waals surface area (Å²) in [6.45, 7) is 3.21. The Labute approximate surface area is 119 Å². The number of nitrogens with one attached hydrogen (secondary N) is 1. The number of carbonyl (C=O) groups excluding carboxylic acids is 2. The predicted molar refractivity (Wildman–Crippen MR) is 70.6 cm³/mol. The van der Waals surface area contributed by atoms with Crippen molar-refractivity contribution in [2.45, 2.75) is 38.5 Å². The van der Waals surface area contributed by atoms with Crippen molar-refractivity contribution < 1.29 is 22.8 Å². The Morgan fingerprint density at radius 1 is 1.29 bits per heavy atom. The molecule has 1 saturated heterocycles.